The van der Waals surface area contributed by atoms with Crippen LogP contribution >= 0.6 is 23.2 Å². The second-order valence-electron chi connectivity index (χ2n) is 10.1. The molecule has 1 atom stereocenters. The minimum absolute atomic E-state index is 0.0420. The zero-order valence-corrected chi connectivity index (χ0v) is 21.8. The van der Waals surface area contributed by atoms with Gasteiger partial charge < -0.3 is 14.6 Å². The van der Waals surface area contributed by atoms with Crippen molar-refractivity contribution in [2.24, 2.45) is 0 Å². The van der Waals surface area contributed by atoms with Crippen LogP contribution in [0.3, 0.4) is 0 Å². The third-order valence-electron chi connectivity index (χ3n) is 7.35. The summed E-state index contributed by atoms with van der Waals surface area (Å²) < 4.78 is 21.8. The molecule has 0 radical (unpaired) electrons. The summed E-state index contributed by atoms with van der Waals surface area (Å²) in [5.41, 5.74) is 3.67. The van der Waals surface area contributed by atoms with E-state index in [9.17, 15) is 18.8 Å². The van der Waals surface area contributed by atoms with Gasteiger partial charge in [-0.3, -0.25) is 19.8 Å². The average molecular weight is 559 g/mol. The first-order valence-corrected chi connectivity index (χ1v) is 13.4. The SMILES string of the molecule is O=C(NN1CCC(NC(=O)C2Cc3cc(Cl)ccc3O2)CC1)c1cn(C2CC2)c2cc(Cl)c(F)cc2c1=O. The number of nitrogens with one attached hydrogen (secondary N) is 2. The molecule has 198 valence electrons. The number of fused-ring (bicyclic) bond motifs is 2. The number of benzene rings is 2. The molecule has 1 saturated heterocycles. The maximum Gasteiger partial charge on any atom is 0.271 e. The quantitative estimate of drug-likeness (QED) is 0.493. The van der Waals surface area contributed by atoms with Gasteiger partial charge in [0.2, 0.25) is 5.43 Å². The van der Waals surface area contributed by atoms with E-state index in [0.717, 1.165) is 24.5 Å². The van der Waals surface area contributed by atoms with Crippen molar-refractivity contribution in [2.75, 3.05) is 13.1 Å². The van der Waals surface area contributed by atoms with E-state index >= 15 is 0 Å². The minimum Gasteiger partial charge on any atom is -0.480 e. The molecule has 2 aromatic carbocycles. The summed E-state index contributed by atoms with van der Waals surface area (Å²) in [7, 11) is 0. The fraction of sp³-hybridized carbons (Fsp3) is 0.370. The number of pyridine rings is 1. The van der Waals surface area contributed by atoms with Gasteiger partial charge in [0, 0.05) is 48.2 Å². The van der Waals surface area contributed by atoms with Crippen LogP contribution in [0.2, 0.25) is 10.0 Å². The number of aromatic nitrogens is 1. The number of hydrogen-bond donors (Lipinski definition) is 2. The van der Waals surface area contributed by atoms with Crippen molar-refractivity contribution < 1.29 is 18.7 Å². The lowest BCUT2D eigenvalue weighted by Gasteiger charge is -2.32. The summed E-state index contributed by atoms with van der Waals surface area (Å²) in [5.74, 6) is -0.743. The number of piperidine rings is 1. The first-order chi connectivity index (χ1) is 18.3. The van der Waals surface area contributed by atoms with E-state index in [1.54, 1.807) is 23.3 Å². The fourth-order valence-electron chi connectivity index (χ4n) is 5.16. The van der Waals surface area contributed by atoms with Gasteiger partial charge in [0.05, 0.1) is 10.5 Å². The monoisotopic (exact) mass is 558 g/mol. The van der Waals surface area contributed by atoms with Gasteiger partial charge in [-0.15, -0.1) is 0 Å². The number of amides is 2. The molecule has 2 aliphatic heterocycles. The van der Waals surface area contributed by atoms with Crippen LogP contribution in [-0.4, -0.2) is 46.6 Å². The van der Waals surface area contributed by atoms with Crippen molar-refractivity contribution in [3.63, 3.8) is 0 Å². The molecule has 2 N–H and O–H groups in total. The van der Waals surface area contributed by atoms with E-state index in [0.29, 0.717) is 48.6 Å². The van der Waals surface area contributed by atoms with Crippen LogP contribution in [0.25, 0.3) is 10.9 Å². The average Bonchev–Trinajstić information content (AvgIpc) is 3.64. The number of ether oxygens (including phenoxy) is 1. The second kappa shape index (κ2) is 9.87. The standard InChI is InChI=1S/C27H25Cl2FN4O4/c28-15-1-4-23-14(9-15)10-24(38-23)27(37)31-16-5-7-33(8-6-16)32-26(36)19-13-34(17-2-3-17)22-12-20(29)21(30)11-18(22)25(19)35/h1,4,9,11-13,16-17,24H,2-3,5-8,10H2,(H,31,37)(H,32,36). The molecule has 2 amide bonds. The number of halogens is 3. The largest absolute Gasteiger partial charge is 0.480 e. The Hall–Kier alpha value is -3.14. The minimum atomic E-state index is -0.698. The normalized spacial score (nSPS) is 19.7. The Morgan fingerprint density at radius 2 is 1.82 bits per heavy atom. The van der Waals surface area contributed by atoms with Gasteiger partial charge in [0.15, 0.2) is 6.10 Å². The molecule has 11 heteroatoms. The summed E-state index contributed by atoms with van der Waals surface area (Å²) in [4.78, 5) is 39.0. The van der Waals surface area contributed by atoms with Crippen molar-refractivity contribution >= 4 is 45.9 Å². The summed E-state index contributed by atoms with van der Waals surface area (Å²) in [6, 6.07) is 7.95. The molecule has 1 aromatic heterocycles. The summed E-state index contributed by atoms with van der Waals surface area (Å²) in [6.07, 6.45) is 4.49. The number of carbonyl (C=O) groups excluding carboxylic acids is 2. The maximum absolute atomic E-state index is 14.2. The van der Waals surface area contributed by atoms with E-state index in [-0.39, 0.29) is 34.0 Å². The number of hydrogen-bond acceptors (Lipinski definition) is 5. The molecule has 0 spiro atoms. The summed E-state index contributed by atoms with van der Waals surface area (Å²) in [5, 5.41) is 5.46. The lowest BCUT2D eigenvalue weighted by Crippen LogP contribution is -2.53. The number of rotatable bonds is 5. The Bertz CT molecular complexity index is 1520. The third-order valence-corrected chi connectivity index (χ3v) is 7.87. The van der Waals surface area contributed by atoms with Crippen LogP contribution in [0.5, 0.6) is 5.75 Å². The lowest BCUT2D eigenvalue weighted by atomic mass is 10.0. The van der Waals surface area contributed by atoms with E-state index in [1.807, 2.05) is 10.6 Å². The zero-order valence-electron chi connectivity index (χ0n) is 20.3. The van der Waals surface area contributed by atoms with Crippen LogP contribution in [0.15, 0.2) is 41.3 Å². The van der Waals surface area contributed by atoms with Gasteiger partial charge in [0.1, 0.15) is 17.1 Å². The molecular formula is C27H25Cl2FN4O4. The first-order valence-electron chi connectivity index (χ1n) is 12.6. The highest BCUT2D eigenvalue weighted by molar-refractivity contribution is 6.31. The molecule has 1 aliphatic carbocycles. The van der Waals surface area contributed by atoms with E-state index in [4.69, 9.17) is 27.9 Å². The Morgan fingerprint density at radius 1 is 1.05 bits per heavy atom. The van der Waals surface area contributed by atoms with Crippen LogP contribution in [0, 0.1) is 5.82 Å². The Kier molecular flexibility index (Phi) is 6.53. The van der Waals surface area contributed by atoms with Crippen LogP contribution in [0.1, 0.15) is 47.6 Å². The molecule has 1 saturated carbocycles. The Morgan fingerprint density at radius 3 is 2.55 bits per heavy atom. The van der Waals surface area contributed by atoms with Gasteiger partial charge >= 0.3 is 0 Å². The third kappa shape index (κ3) is 4.86. The van der Waals surface area contributed by atoms with Gasteiger partial charge in [-0.25, -0.2) is 9.40 Å². The van der Waals surface area contributed by atoms with Gasteiger partial charge in [-0.2, -0.15) is 0 Å². The van der Waals surface area contributed by atoms with Crippen molar-refractivity contribution in [1.29, 1.82) is 0 Å². The molecular weight excluding hydrogens is 534 g/mol. The Labute approximate surface area is 227 Å². The molecule has 3 aromatic rings. The van der Waals surface area contributed by atoms with E-state index in [2.05, 4.69) is 10.7 Å². The first kappa shape index (κ1) is 25.2. The maximum atomic E-state index is 14.2. The number of carbonyl (C=O) groups is 2. The lowest BCUT2D eigenvalue weighted by molar-refractivity contribution is -0.128. The van der Waals surface area contributed by atoms with Crippen molar-refractivity contribution in [3.8, 4) is 5.75 Å². The van der Waals surface area contributed by atoms with Gasteiger partial charge in [0.25, 0.3) is 11.8 Å². The van der Waals surface area contributed by atoms with E-state index < -0.39 is 23.3 Å². The van der Waals surface area contributed by atoms with Crippen molar-refractivity contribution in [3.05, 3.63) is 73.7 Å². The smallest absolute Gasteiger partial charge is 0.271 e. The van der Waals surface area contributed by atoms with Crippen LogP contribution < -0.4 is 20.9 Å². The van der Waals surface area contributed by atoms with E-state index in [1.165, 1.54) is 6.07 Å². The topological polar surface area (TPSA) is 92.7 Å². The highest BCUT2D eigenvalue weighted by atomic mass is 35.5. The van der Waals surface area contributed by atoms with Gasteiger partial charge in [-0.05, 0) is 61.6 Å². The highest BCUT2D eigenvalue weighted by Gasteiger charge is 2.32. The fourth-order valence-corrected chi connectivity index (χ4v) is 5.51. The Balaban J connectivity index is 1.08. The number of hydrazine groups is 1. The molecule has 6 rings (SSSR count). The molecule has 2 fully saturated rings. The molecule has 1 unspecified atom stereocenters. The molecule has 3 heterocycles. The van der Waals surface area contributed by atoms with Crippen LogP contribution in [0.4, 0.5) is 4.39 Å². The summed E-state index contributed by atoms with van der Waals surface area (Å²) >= 11 is 12.0. The molecule has 38 heavy (non-hydrogen) atoms. The zero-order chi connectivity index (χ0) is 26.6. The second-order valence-corrected chi connectivity index (χ2v) is 10.9. The van der Waals surface area contributed by atoms with Crippen molar-refractivity contribution in [1.82, 2.24) is 20.3 Å². The van der Waals surface area contributed by atoms with Crippen LogP contribution in [-0.2, 0) is 11.2 Å². The summed E-state index contributed by atoms with van der Waals surface area (Å²) in [6.45, 7) is 0.985. The number of nitrogens with zero attached hydrogens (tertiary/aromatic N) is 2. The molecule has 8 nitrogen and oxygen atoms in total. The van der Waals surface area contributed by atoms with Crippen molar-refractivity contribution in [2.45, 2.75) is 50.3 Å². The highest BCUT2D eigenvalue weighted by Crippen LogP contribution is 2.37. The van der Waals surface area contributed by atoms with Gasteiger partial charge in [-0.1, -0.05) is 23.2 Å². The predicted octanol–water partition coefficient (Wildman–Crippen LogP) is 4.01. The predicted molar refractivity (Wildman–Crippen MR) is 141 cm³/mol. The molecule has 3 aliphatic rings. The molecule has 0 bridgehead atoms.